The van der Waals surface area contributed by atoms with Crippen molar-refractivity contribution in [1.82, 2.24) is 5.32 Å². The summed E-state index contributed by atoms with van der Waals surface area (Å²) in [6.45, 7) is 0. The van der Waals surface area contributed by atoms with Crippen molar-refractivity contribution >= 4 is 46.2 Å². The van der Waals surface area contributed by atoms with Gasteiger partial charge in [-0.1, -0.05) is 29.8 Å². The Morgan fingerprint density at radius 2 is 2.09 bits per heavy atom. The van der Waals surface area contributed by atoms with Crippen LogP contribution in [-0.2, 0) is 4.79 Å². The molecule has 22 heavy (non-hydrogen) atoms. The lowest BCUT2D eigenvalue weighted by Gasteiger charge is -1.98. The fraction of sp³-hybridized carbons (Fsp3) is 0. The number of furan rings is 1. The predicted octanol–water partition coefficient (Wildman–Crippen LogP) is 4.38. The summed E-state index contributed by atoms with van der Waals surface area (Å²) in [6, 6.07) is 10.9. The monoisotopic (exact) mass is 330 g/mol. The third-order valence-corrected chi connectivity index (χ3v) is 4.02. The summed E-state index contributed by atoms with van der Waals surface area (Å²) in [5.74, 6) is 0.546. The molecular formula is C16H11ClN2O2S. The zero-order chi connectivity index (χ0) is 15.4. The maximum atomic E-state index is 11.9. The number of nitrogens with one attached hydrogen (secondary N) is 1. The highest BCUT2D eigenvalue weighted by Crippen LogP contribution is 2.29. The van der Waals surface area contributed by atoms with Crippen molar-refractivity contribution in [2.75, 3.05) is 0 Å². The molecule has 1 fully saturated rings. The Kier molecular flexibility index (Phi) is 4.46. The van der Waals surface area contributed by atoms with Gasteiger partial charge in [0.25, 0.3) is 5.91 Å². The van der Waals surface area contributed by atoms with Gasteiger partial charge in [0.05, 0.1) is 21.9 Å². The molecule has 1 saturated heterocycles. The summed E-state index contributed by atoms with van der Waals surface area (Å²) in [7, 11) is 0. The van der Waals surface area contributed by atoms with Crippen molar-refractivity contribution in [3.8, 4) is 0 Å². The molecule has 0 saturated carbocycles. The number of carbonyl (C=O) groups is 1. The van der Waals surface area contributed by atoms with Crippen LogP contribution in [-0.4, -0.2) is 11.1 Å². The van der Waals surface area contributed by atoms with E-state index in [1.165, 1.54) is 11.8 Å². The number of allylic oxidation sites excluding steroid dienone is 2. The number of para-hydroxylation sites is 1. The first-order chi connectivity index (χ1) is 10.7. The summed E-state index contributed by atoms with van der Waals surface area (Å²) in [5, 5.41) is 3.76. The predicted molar refractivity (Wildman–Crippen MR) is 90.1 cm³/mol. The summed E-state index contributed by atoms with van der Waals surface area (Å²) >= 11 is 7.32. The van der Waals surface area contributed by atoms with Gasteiger partial charge in [-0.2, -0.15) is 0 Å². The van der Waals surface area contributed by atoms with Crippen LogP contribution in [0.4, 0.5) is 5.69 Å². The minimum atomic E-state index is -0.181. The molecule has 0 atom stereocenters. The number of amides is 1. The van der Waals surface area contributed by atoms with Crippen LogP contribution >= 0.6 is 23.4 Å². The minimum absolute atomic E-state index is 0.181. The van der Waals surface area contributed by atoms with Crippen LogP contribution in [0.1, 0.15) is 5.76 Å². The third kappa shape index (κ3) is 3.50. The summed E-state index contributed by atoms with van der Waals surface area (Å²) in [6.07, 6.45) is 6.86. The largest absolute Gasteiger partial charge is 0.465 e. The number of amidine groups is 1. The van der Waals surface area contributed by atoms with E-state index < -0.39 is 0 Å². The molecule has 0 bridgehead atoms. The quantitative estimate of drug-likeness (QED) is 0.850. The van der Waals surface area contributed by atoms with Gasteiger partial charge in [0.15, 0.2) is 5.17 Å². The molecule has 1 aliphatic rings. The number of thioether (sulfide) groups is 1. The zero-order valence-electron chi connectivity index (χ0n) is 11.3. The number of hydrogen-bond acceptors (Lipinski definition) is 4. The first kappa shape index (κ1) is 14.7. The molecule has 0 aliphatic carbocycles. The van der Waals surface area contributed by atoms with Gasteiger partial charge in [-0.15, -0.1) is 0 Å². The second-order valence-electron chi connectivity index (χ2n) is 4.33. The van der Waals surface area contributed by atoms with E-state index in [1.807, 2.05) is 18.2 Å². The number of nitrogens with zero attached hydrogens (tertiary/aromatic N) is 1. The van der Waals surface area contributed by atoms with Crippen molar-refractivity contribution in [3.63, 3.8) is 0 Å². The summed E-state index contributed by atoms with van der Waals surface area (Å²) in [4.78, 5) is 16.8. The van der Waals surface area contributed by atoms with Crippen molar-refractivity contribution in [1.29, 1.82) is 0 Å². The number of halogens is 1. The number of rotatable bonds is 3. The molecular weight excluding hydrogens is 320 g/mol. The van der Waals surface area contributed by atoms with Gasteiger partial charge in [-0.3, -0.25) is 4.79 Å². The van der Waals surface area contributed by atoms with E-state index in [4.69, 9.17) is 16.0 Å². The third-order valence-electron chi connectivity index (χ3n) is 2.78. The van der Waals surface area contributed by atoms with E-state index in [0.717, 1.165) is 5.76 Å². The Balaban J connectivity index is 1.74. The van der Waals surface area contributed by atoms with Crippen LogP contribution in [0.15, 0.2) is 69.1 Å². The van der Waals surface area contributed by atoms with Gasteiger partial charge in [-0.25, -0.2) is 4.99 Å². The zero-order valence-corrected chi connectivity index (χ0v) is 12.9. The summed E-state index contributed by atoms with van der Waals surface area (Å²) in [5.41, 5.74) is 0.624. The molecule has 2 aromatic rings. The Morgan fingerprint density at radius 3 is 2.86 bits per heavy atom. The Hall–Kier alpha value is -2.24. The minimum Gasteiger partial charge on any atom is -0.465 e. The van der Waals surface area contributed by atoms with E-state index in [9.17, 15) is 4.79 Å². The highest BCUT2D eigenvalue weighted by atomic mass is 35.5. The SMILES string of the molecule is O=C1NC(=Nc2ccccc2Cl)S/C1=C\C=C\c1ccco1. The van der Waals surface area contributed by atoms with E-state index in [2.05, 4.69) is 10.3 Å². The molecule has 2 heterocycles. The van der Waals surface area contributed by atoms with Crippen molar-refractivity contribution in [2.45, 2.75) is 0 Å². The smallest absolute Gasteiger partial charge is 0.264 e. The lowest BCUT2D eigenvalue weighted by Crippen LogP contribution is -2.19. The van der Waals surface area contributed by atoms with Gasteiger partial charge < -0.3 is 9.73 Å². The molecule has 0 radical (unpaired) electrons. The van der Waals surface area contributed by atoms with E-state index in [-0.39, 0.29) is 5.91 Å². The maximum Gasteiger partial charge on any atom is 0.264 e. The summed E-state index contributed by atoms with van der Waals surface area (Å²) < 4.78 is 5.18. The second kappa shape index (κ2) is 6.68. The average molecular weight is 331 g/mol. The van der Waals surface area contributed by atoms with E-state index >= 15 is 0 Å². The number of aliphatic imine (C=N–C) groups is 1. The molecule has 3 rings (SSSR count). The maximum absolute atomic E-state index is 11.9. The van der Waals surface area contributed by atoms with Gasteiger partial charge >= 0.3 is 0 Å². The molecule has 6 heteroatoms. The number of carbonyl (C=O) groups excluding carboxylic acids is 1. The highest BCUT2D eigenvalue weighted by Gasteiger charge is 2.23. The lowest BCUT2D eigenvalue weighted by molar-refractivity contribution is -0.115. The number of benzene rings is 1. The molecule has 0 spiro atoms. The van der Waals surface area contributed by atoms with Crippen LogP contribution in [0.3, 0.4) is 0 Å². The van der Waals surface area contributed by atoms with Crippen molar-refractivity contribution in [3.05, 3.63) is 70.5 Å². The number of hydrogen-bond donors (Lipinski definition) is 1. The highest BCUT2D eigenvalue weighted by molar-refractivity contribution is 8.18. The second-order valence-corrected chi connectivity index (χ2v) is 5.77. The van der Waals surface area contributed by atoms with Gasteiger partial charge in [0, 0.05) is 0 Å². The van der Waals surface area contributed by atoms with Crippen LogP contribution in [0.5, 0.6) is 0 Å². The molecule has 110 valence electrons. The molecule has 0 unspecified atom stereocenters. The molecule has 4 nitrogen and oxygen atoms in total. The van der Waals surface area contributed by atoms with Crippen molar-refractivity contribution in [2.24, 2.45) is 4.99 Å². The lowest BCUT2D eigenvalue weighted by atomic mass is 10.3. The van der Waals surface area contributed by atoms with Crippen LogP contribution in [0, 0.1) is 0 Å². The first-order valence-corrected chi connectivity index (χ1v) is 7.66. The van der Waals surface area contributed by atoms with Gasteiger partial charge in [0.1, 0.15) is 5.76 Å². The van der Waals surface area contributed by atoms with Gasteiger partial charge in [-0.05, 0) is 48.2 Å². The molecule has 1 aromatic heterocycles. The van der Waals surface area contributed by atoms with E-state index in [0.29, 0.717) is 20.8 Å². The molecule has 1 amide bonds. The molecule has 1 aliphatic heterocycles. The van der Waals surface area contributed by atoms with Crippen LogP contribution in [0.2, 0.25) is 5.02 Å². The Bertz CT molecular complexity index is 779. The first-order valence-electron chi connectivity index (χ1n) is 6.47. The topological polar surface area (TPSA) is 54.6 Å². The molecule has 1 aromatic carbocycles. The van der Waals surface area contributed by atoms with Gasteiger partial charge in [0.2, 0.25) is 0 Å². The van der Waals surface area contributed by atoms with E-state index in [1.54, 1.807) is 42.7 Å². The Morgan fingerprint density at radius 1 is 1.23 bits per heavy atom. The van der Waals surface area contributed by atoms with Crippen molar-refractivity contribution < 1.29 is 9.21 Å². The molecule has 1 N–H and O–H groups in total. The normalized spacial score (nSPS) is 18.5. The fourth-order valence-electron chi connectivity index (χ4n) is 1.76. The van der Waals surface area contributed by atoms with Crippen LogP contribution < -0.4 is 5.32 Å². The van der Waals surface area contributed by atoms with Crippen LogP contribution in [0.25, 0.3) is 6.08 Å². The Labute approximate surface area is 136 Å². The average Bonchev–Trinajstić information content (AvgIpc) is 3.12. The standard InChI is InChI=1S/C16H11ClN2O2S/c17-12-7-1-2-8-13(12)18-16-19-15(20)14(22-16)9-3-5-11-6-4-10-21-11/h1-10H,(H,18,19,20)/b5-3+,14-9-. The fourth-order valence-corrected chi connectivity index (χ4v) is 2.73.